The number of anilines is 1. The van der Waals surface area contributed by atoms with E-state index >= 15 is 0 Å². The van der Waals surface area contributed by atoms with Crippen molar-refractivity contribution in [3.63, 3.8) is 0 Å². The molecule has 6 nitrogen and oxygen atoms in total. The minimum absolute atomic E-state index is 0.0420. The molecule has 0 radical (unpaired) electrons. The van der Waals surface area contributed by atoms with E-state index in [1.165, 1.54) is 5.39 Å². The monoisotopic (exact) mass is 416 g/mol. The van der Waals surface area contributed by atoms with Crippen molar-refractivity contribution in [3.05, 3.63) is 72.3 Å². The van der Waals surface area contributed by atoms with Crippen LogP contribution in [0.5, 0.6) is 5.75 Å². The molecule has 3 N–H and O–H groups in total. The number of para-hydroxylation sites is 1. The molecule has 1 heterocycles. The molecule has 0 aliphatic carbocycles. The zero-order valence-electron chi connectivity index (χ0n) is 17.7. The highest BCUT2D eigenvalue weighted by atomic mass is 16.5. The number of guanidine groups is 1. The first-order chi connectivity index (χ1) is 15.2. The predicted molar refractivity (Wildman–Crippen MR) is 126 cm³/mol. The first kappa shape index (κ1) is 20.7. The van der Waals surface area contributed by atoms with Crippen LogP contribution in [0.4, 0.5) is 5.69 Å². The standard InChI is InChI=1S/C25H28N4O2/c1-2-26-25(28-17-19-16-24(30)29-22-12-6-5-10-20(19)22)27-14-15-31-23-13-7-9-18-8-3-4-11-21(18)23/h3-13,19H,2,14-17H2,1H3,(H,29,30)(H2,26,27,28). The molecule has 1 unspecified atom stereocenters. The third-order valence-electron chi connectivity index (χ3n) is 5.32. The summed E-state index contributed by atoms with van der Waals surface area (Å²) in [5, 5.41) is 11.8. The zero-order chi connectivity index (χ0) is 21.5. The average Bonchev–Trinajstić information content (AvgIpc) is 2.80. The Balaban J connectivity index is 1.35. The molecule has 0 aromatic heterocycles. The van der Waals surface area contributed by atoms with E-state index in [-0.39, 0.29) is 11.8 Å². The van der Waals surface area contributed by atoms with Crippen LogP contribution in [0.2, 0.25) is 0 Å². The van der Waals surface area contributed by atoms with Gasteiger partial charge in [0.1, 0.15) is 12.4 Å². The molecule has 6 heteroatoms. The summed E-state index contributed by atoms with van der Waals surface area (Å²) in [6.07, 6.45) is 0.449. The Labute approximate surface area is 182 Å². The van der Waals surface area contributed by atoms with Gasteiger partial charge in [-0.1, -0.05) is 54.6 Å². The highest BCUT2D eigenvalue weighted by Gasteiger charge is 2.24. The van der Waals surface area contributed by atoms with Crippen LogP contribution < -0.4 is 20.7 Å². The van der Waals surface area contributed by atoms with Gasteiger partial charge < -0.3 is 20.7 Å². The summed E-state index contributed by atoms with van der Waals surface area (Å²) in [6.45, 7) is 4.48. The second kappa shape index (κ2) is 9.98. The van der Waals surface area contributed by atoms with Crippen molar-refractivity contribution >= 4 is 28.3 Å². The number of nitrogens with zero attached hydrogens (tertiary/aromatic N) is 1. The van der Waals surface area contributed by atoms with E-state index in [1.807, 2.05) is 49.4 Å². The number of fused-ring (bicyclic) bond motifs is 2. The Kier molecular flexibility index (Phi) is 6.67. The van der Waals surface area contributed by atoms with Crippen molar-refractivity contribution in [1.82, 2.24) is 10.6 Å². The summed E-state index contributed by atoms with van der Waals surface area (Å²) in [7, 11) is 0. The molecule has 1 amide bonds. The zero-order valence-corrected chi connectivity index (χ0v) is 17.7. The van der Waals surface area contributed by atoms with Crippen LogP contribution in [0.3, 0.4) is 0 Å². The minimum atomic E-state index is 0.0420. The third kappa shape index (κ3) is 5.15. The molecular weight excluding hydrogens is 388 g/mol. The van der Waals surface area contributed by atoms with Crippen LogP contribution in [0, 0.1) is 0 Å². The van der Waals surface area contributed by atoms with E-state index in [0.29, 0.717) is 26.1 Å². The van der Waals surface area contributed by atoms with Crippen LogP contribution in [0.1, 0.15) is 24.8 Å². The van der Waals surface area contributed by atoms with Gasteiger partial charge >= 0.3 is 0 Å². The fourth-order valence-corrected chi connectivity index (χ4v) is 3.86. The average molecular weight is 417 g/mol. The first-order valence-electron chi connectivity index (χ1n) is 10.8. The molecule has 1 aliphatic heterocycles. The molecule has 160 valence electrons. The van der Waals surface area contributed by atoms with Gasteiger partial charge in [0.05, 0.1) is 13.1 Å². The highest BCUT2D eigenvalue weighted by Crippen LogP contribution is 2.32. The quantitative estimate of drug-likeness (QED) is 0.310. The maximum absolute atomic E-state index is 12.0. The van der Waals surface area contributed by atoms with Gasteiger partial charge in [-0.05, 0) is 30.0 Å². The molecule has 0 saturated carbocycles. The molecule has 0 spiro atoms. The fourth-order valence-electron chi connectivity index (χ4n) is 3.86. The normalized spacial score (nSPS) is 15.8. The Morgan fingerprint density at radius 1 is 1.06 bits per heavy atom. The minimum Gasteiger partial charge on any atom is -0.491 e. The molecule has 31 heavy (non-hydrogen) atoms. The lowest BCUT2D eigenvalue weighted by Gasteiger charge is -2.24. The van der Waals surface area contributed by atoms with E-state index in [0.717, 1.165) is 34.9 Å². The van der Waals surface area contributed by atoms with Gasteiger partial charge in [-0.15, -0.1) is 0 Å². The van der Waals surface area contributed by atoms with Crippen LogP contribution in [0.25, 0.3) is 10.8 Å². The Morgan fingerprint density at radius 2 is 1.87 bits per heavy atom. The second-order valence-corrected chi connectivity index (χ2v) is 7.51. The maximum Gasteiger partial charge on any atom is 0.225 e. The lowest BCUT2D eigenvalue weighted by Crippen LogP contribution is -2.39. The third-order valence-corrected chi connectivity index (χ3v) is 5.32. The van der Waals surface area contributed by atoms with Gasteiger partial charge in [0.15, 0.2) is 5.96 Å². The van der Waals surface area contributed by atoms with Gasteiger partial charge in [-0.25, -0.2) is 0 Å². The summed E-state index contributed by atoms with van der Waals surface area (Å²) in [5.74, 6) is 1.73. The van der Waals surface area contributed by atoms with Crippen molar-refractivity contribution in [2.45, 2.75) is 19.3 Å². The van der Waals surface area contributed by atoms with E-state index in [9.17, 15) is 4.79 Å². The van der Waals surface area contributed by atoms with Gasteiger partial charge in [0.25, 0.3) is 0 Å². The number of hydrogen-bond acceptors (Lipinski definition) is 3. The van der Waals surface area contributed by atoms with Crippen molar-refractivity contribution in [1.29, 1.82) is 0 Å². The molecular formula is C25H28N4O2. The van der Waals surface area contributed by atoms with Gasteiger partial charge in [-0.3, -0.25) is 9.79 Å². The van der Waals surface area contributed by atoms with E-state index in [1.54, 1.807) is 0 Å². The number of amides is 1. The van der Waals surface area contributed by atoms with Crippen LogP contribution >= 0.6 is 0 Å². The van der Waals surface area contributed by atoms with Crippen LogP contribution in [0.15, 0.2) is 71.7 Å². The molecule has 1 aliphatic rings. The van der Waals surface area contributed by atoms with E-state index in [2.05, 4.69) is 40.2 Å². The number of carbonyl (C=O) groups is 1. The predicted octanol–water partition coefficient (Wildman–Crippen LogP) is 3.90. The summed E-state index contributed by atoms with van der Waals surface area (Å²) >= 11 is 0. The van der Waals surface area contributed by atoms with Crippen molar-refractivity contribution in [3.8, 4) is 5.75 Å². The number of hydrogen-bond donors (Lipinski definition) is 3. The van der Waals surface area contributed by atoms with Crippen LogP contribution in [-0.2, 0) is 4.79 Å². The second-order valence-electron chi connectivity index (χ2n) is 7.51. The largest absolute Gasteiger partial charge is 0.491 e. The molecule has 0 bridgehead atoms. The smallest absolute Gasteiger partial charge is 0.225 e. The summed E-state index contributed by atoms with van der Waals surface area (Å²) in [4.78, 5) is 16.8. The Morgan fingerprint density at radius 3 is 2.77 bits per heavy atom. The Bertz CT molecular complexity index is 1070. The number of benzene rings is 3. The lowest BCUT2D eigenvalue weighted by molar-refractivity contribution is -0.116. The topological polar surface area (TPSA) is 74.8 Å². The van der Waals surface area contributed by atoms with Crippen molar-refractivity contribution < 1.29 is 9.53 Å². The van der Waals surface area contributed by atoms with E-state index < -0.39 is 0 Å². The highest BCUT2D eigenvalue weighted by molar-refractivity contribution is 5.94. The van der Waals surface area contributed by atoms with Gasteiger partial charge in [0, 0.05) is 30.0 Å². The number of carbonyl (C=O) groups excluding carboxylic acids is 1. The molecule has 3 aromatic rings. The maximum atomic E-state index is 12.0. The van der Waals surface area contributed by atoms with Gasteiger partial charge in [0.2, 0.25) is 5.91 Å². The van der Waals surface area contributed by atoms with E-state index in [4.69, 9.17) is 9.73 Å². The molecule has 3 aromatic carbocycles. The SMILES string of the molecule is CCNC(=NCC1CC(=O)Nc2ccccc21)NCCOc1cccc2ccccc12. The molecule has 0 saturated heterocycles. The van der Waals surface area contributed by atoms with Crippen molar-refractivity contribution in [2.75, 3.05) is 31.6 Å². The molecule has 4 rings (SSSR count). The summed E-state index contributed by atoms with van der Waals surface area (Å²) < 4.78 is 6.00. The number of nitrogens with one attached hydrogen (secondary N) is 3. The Hall–Kier alpha value is -3.54. The first-order valence-corrected chi connectivity index (χ1v) is 10.8. The molecule has 1 atom stereocenters. The van der Waals surface area contributed by atoms with Gasteiger partial charge in [-0.2, -0.15) is 0 Å². The number of rotatable bonds is 7. The van der Waals surface area contributed by atoms with Crippen LogP contribution in [-0.4, -0.2) is 38.1 Å². The fraction of sp³-hybridized carbons (Fsp3) is 0.280. The summed E-state index contributed by atoms with van der Waals surface area (Å²) in [6, 6.07) is 22.2. The lowest BCUT2D eigenvalue weighted by atomic mass is 9.91. The number of ether oxygens (including phenoxy) is 1. The summed E-state index contributed by atoms with van der Waals surface area (Å²) in [5.41, 5.74) is 2.03. The number of aliphatic imine (C=N–C) groups is 1. The molecule has 0 fully saturated rings. The van der Waals surface area contributed by atoms with Crippen molar-refractivity contribution in [2.24, 2.45) is 4.99 Å².